The van der Waals surface area contributed by atoms with Crippen LogP contribution in [0.25, 0.3) is 0 Å². The van der Waals surface area contributed by atoms with Crippen LogP contribution in [0.3, 0.4) is 0 Å². The van der Waals surface area contributed by atoms with E-state index in [4.69, 9.17) is 15.0 Å². The molecule has 2 heterocycles. The molecule has 17 heavy (non-hydrogen) atoms. The molecule has 0 bridgehead atoms. The molecule has 96 valence electrons. The van der Waals surface area contributed by atoms with Gasteiger partial charge in [-0.15, -0.1) is 0 Å². The highest BCUT2D eigenvalue weighted by molar-refractivity contribution is 4.87. The summed E-state index contributed by atoms with van der Waals surface area (Å²) in [6, 6.07) is 0. The monoisotopic (exact) mass is 240 g/mol. The van der Waals surface area contributed by atoms with Gasteiger partial charge in [0.25, 0.3) is 0 Å². The Kier molecular flexibility index (Phi) is 4.47. The first-order chi connectivity index (χ1) is 8.31. The molecular weight excluding hydrogens is 220 g/mol. The van der Waals surface area contributed by atoms with Gasteiger partial charge < -0.3 is 15.0 Å². The number of ether oxygens (including phenoxy) is 1. The zero-order chi connectivity index (χ0) is 12.1. The summed E-state index contributed by atoms with van der Waals surface area (Å²) in [6.45, 7) is 5.83. The zero-order valence-electron chi connectivity index (χ0n) is 10.3. The van der Waals surface area contributed by atoms with Crippen LogP contribution < -0.4 is 5.73 Å². The lowest BCUT2D eigenvalue weighted by Crippen LogP contribution is -2.45. The summed E-state index contributed by atoms with van der Waals surface area (Å²) in [5, 5.41) is 3.98. The van der Waals surface area contributed by atoms with E-state index in [-0.39, 0.29) is 6.10 Å². The molecule has 0 amide bonds. The van der Waals surface area contributed by atoms with Crippen LogP contribution in [-0.4, -0.2) is 47.4 Å². The third-order valence-electron chi connectivity index (χ3n) is 2.82. The van der Waals surface area contributed by atoms with E-state index in [1.165, 1.54) is 0 Å². The van der Waals surface area contributed by atoms with E-state index in [9.17, 15) is 0 Å². The summed E-state index contributed by atoms with van der Waals surface area (Å²) in [5.41, 5.74) is 5.60. The standard InChI is InChI=1S/C11H20N4O2/c1-2-3-11-13-10(14-17-11)8-15-4-5-16-9(6-12)7-15/h9H,2-8,12H2,1H3. The van der Waals surface area contributed by atoms with Crippen molar-refractivity contribution >= 4 is 0 Å². The van der Waals surface area contributed by atoms with Gasteiger partial charge in [-0.2, -0.15) is 4.98 Å². The fourth-order valence-electron chi connectivity index (χ4n) is 1.94. The summed E-state index contributed by atoms with van der Waals surface area (Å²) in [6.07, 6.45) is 2.00. The highest BCUT2D eigenvalue weighted by Gasteiger charge is 2.20. The summed E-state index contributed by atoms with van der Waals surface area (Å²) in [7, 11) is 0. The molecule has 0 aromatic carbocycles. The van der Waals surface area contributed by atoms with Gasteiger partial charge >= 0.3 is 0 Å². The number of nitrogens with two attached hydrogens (primary N) is 1. The van der Waals surface area contributed by atoms with Crippen molar-refractivity contribution in [3.05, 3.63) is 11.7 Å². The molecule has 0 spiro atoms. The molecule has 1 unspecified atom stereocenters. The van der Waals surface area contributed by atoms with E-state index >= 15 is 0 Å². The van der Waals surface area contributed by atoms with E-state index in [0.717, 1.165) is 44.3 Å². The van der Waals surface area contributed by atoms with Crippen LogP contribution in [0.1, 0.15) is 25.1 Å². The summed E-state index contributed by atoms with van der Waals surface area (Å²) in [5.74, 6) is 1.48. The predicted octanol–water partition coefficient (Wildman–Crippen LogP) is 0.182. The Bertz CT molecular complexity index is 342. The highest BCUT2D eigenvalue weighted by atomic mass is 16.5. The molecule has 1 atom stereocenters. The lowest BCUT2D eigenvalue weighted by molar-refractivity contribution is -0.0269. The molecular formula is C11H20N4O2. The second-order valence-electron chi connectivity index (χ2n) is 4.32. The lowest BCUT2D eigenvalue weighted by Gasteiger charge is -2.31. The number of morpholine rings is 1. The second kappa shape index (κ2) is 6.09. The van der Waals surface area contributed by atoms with Crippen LogP contribution in [0.15, 0.2) is 4.52 Å². The van der Waals surface area contributed by atoms with Gasteiger partial charge in [-0.25, -0.2) is 0 Å². The van der Waals surface area contributed by atoms with Crippen LogP contribution in [0.5, 0.6) is 0 Å². The van der Waals surface area contributed by atoms with E-state index < -0.39 is 0 Å². The van der Waals surface area contributed by atoms with E-state index in [1.807, 2.05) is 0 Å². The van der Waals surface area contributed by atoms with Crippen LogP contribution in [0.4, 0.5) is 0 Å². The van der Waals surface area contributed by atoms with Crippen molar-refractivity contribution in [1.82, 2.24) is 15.0 Å². The molecule has 1 aromatic heterocycles. The van der Waals surface area contributed by atoms with Crippen molar-refractivity contribution < 1.29 is 9.26 Å². The van der Waals surface area contributed by atoms with Gasteiger partial charge in [0.2, 0.25) is 5.89 Å². The molecule has 6 heteroatoms. The van der Waals surface area contributed by atoms with Crippen molar-refractivity contribution in [2.24, 2.45) is 5.73 Å². The molecule has 1 aromatic rings. The van der Waals surface area contributed by atoms with Crippen molar-refractivity contribution in [2.75, 3.05) is 26.2 Å². The first kappa shape index (κ1) is 12.5. The van der Waals surface area contributed by atoms with E-state index in [1.54, 1.807) is 0 Å². The highest BCUT2D eigenvalue weighted by Crippen LogP contribution is 2.08. The molecule has 1 fully saturated rings. The fourth-order valence-corrected chi connectivity index (χ4v) is 1.94. The normalized spacial score (nSPS) is 21.9. The maximum Gasteiger partial charge on any atom is 0.226 e. The Balaban J connectivity index is 1.86. The number of hydrogen-bond acceptors (Lipinski definition) is 6. The largest absolute Gasteiger partial charge is 0.374 e. The molecule has 1 saturated heterocycles. The van der Waals surface area contributed by atoms with Gasteiger partial charge in [-0.1, -0.05) is 12.1 Å². The van der Waals surface area contributed by atoms with Crippen LogP contribution in [0.2, 0.25) is 0 Å². The number of nitrogens with zero attached hydrogens (tertiary/aromatic N) is 3. The Morgan fingerprint density at radius 1 is 1.53 bits per heavy atom. The number of aromatic nitrogens is 2. The fraction of sp³-hybridized carbons (Fsp3) is 0.818. The summed E-state index contributed by atoms with van der Waals surface area (Å²) in [4.78, 5) is 6.61. The van der Waals surface area contributed by atoms with Crippen LogP contribution in [0, 0.1) is 0 Å². The third-order valence-corrected chi connectivity index (χ3v) is 2.82. The van der Waals surface area contributed by atoms with Gasteiger partial charge in [0, 0.05) is 26.1 Å². The summed E-state index contributed by atoms with van der Waals surface area (Å²) >= 11 is 0. The van der Waals surface area contributed by atoms with Gasteiger partial charge in [0.15, 0.2) is 5.82 Å². The maximum atomic E-state index is 5.60. The SMILES string of the molecule is CCCc1nc(CN2CCOC(CN)C2)no1. The average molecular weight is 240 g/mol. The molecule has 1 aliphatic rings. The Labute approximate surface area is 101 Å². The smallest absolute Gasteiger partial charge is 0.226 e. The molecule has 0 radical (unpaired) electrons. The van der Waals surface area contributed by atoms with E-state index in [0.29, 0.717) is 13.1 Å². The number of hydrogen-bond donors (Lipinski definition) is 1. The predicted molar refractivity (Wildman–Crippen MR) is 62.4 cm³/mol. The Hall–Kier alpha value is -0.980. The first-order valence-electron chi connectivity index (χ1n) is 6.17. The molecule has 2 rings (SSSR count). The quantitative estimate of drug-likeness (QED) is 0.791. The van der Waals surface area contributed by atoms with Gasteiger partial charge in [0.1, 0.15) is 0 Å². The number of aryl methyl sites for hydroxylation is 1. The molecule has 0 aliphatic carbocycles. The van der Waals surface area contributed by atoms with Gasteiger partial charge in [-0.3, -0.25) is 4.90 Å². The van der Waals surface area contributed by atoms with Crippen molar-refractivity contribution in [3.8, 4) is 0 Å². The Morgan fingerprint density at radius 3 is 3.18 bits per heavy atom. The maximum absolute atomic E-state index is 5.60. The van der Waals surface area contributed by atoms with Crippen molar-refractivity contribution in [3.63, 3.8) is 0 Å². The minimum atomic E-state index is 0.130. The Morgan fingerprint density at radius 2 is 2.41 bits per heavy atom. The molecule has 2 N–H and O–H groups in total. The first-order valence-corrected chi connectivity index (χ1v) is 6.17. The number of rotatable bonds is 5. The zero-order valence-corrected chi connectivity index (χ0v) is 10.3. The lowest BCUT2D eigenvalue weighted by atomic mass is 10.2. The topological polar surface area (TPSA) is 77.4 Å². The molecule has 0 saturated carbocycles. The minimum Gasteiger partial charge on any atom is -0.374 e. The van der Waals surface area contributed by atoms with Crippen molar-refractivity contribution in [1.29, 1.82) is 0 Å². The second-order valence-corrected chi connectivity index (χ2v) is 4.32. The molecule has 6 nitrogen and oxygen atoms in total. The van der Waals surface area contributed by atoms with Crippen LogP contribution >= 0.6 is 0 Å². The van der Waals surface area contributed by atoms with Crippen LogP contribution in [-0.2, 0) is 17.7 Å². The average Bonchev–Trinajstić information content (AvgIpc) is 2.77. The van der Waals surface area contributed by atoms with Crippen molar-refractivity contribution in [2.45, 2.75) is 32.4 Å². The van der Waals surface area contributed by atoms with E-state index in [2.05, 4.69) is 22.0 Å². The molecule has 1 aliphatic heterocycles. The summed E-state index contributed by atoms with van der Waals surface area (Å²) < 4.78 is 10.7. The van der Waals surface area contributed by atoms with Gasteiger partial charge in [-0.05, 0) is 6.42 Å². The van der Waals surface area contributed by atoms with Gasteiger partial charge in [0.05, 0.1) is 19.3 Å². The minimum absolute atomic E-state index is 0.130. The third kappa shape index (κ3) is 3.49.